The topological polar surface area (TPSA) is 103 Å². The minimum absolute atomic E-state index is 0.0579. The Morgan fingerprint density at radius 1 is 1.35 bits per heavy atom. The number of fused-ring (bicyclic) bond motifs is 1. The minimum atomic E-state index is -4.02. The van der Waals surface area contributed by atoms with Gasteiger partial charge in [0.2, 0.25) is 5.88 Å². The van der Waals surface area contributed by atoms with E-state index in [0.29, 0.717) is 5.39 Å². The average Bonchev–Trinajstić information content (AvgIpc) is 2.47. The van der Waals surface area contributed by atoms with Crippen molar-refractivity contribution in [2.75, 3.05) is 13.4 Å². The largest absolute Gasteiger partial charge is 0.481 e. The second kappa shape index (κ2) is 6.47. The van der Waals surface area contributed by atoms with E-state index in [9.17, 15) is 17.6 Å². The summed E-state index contributed by atoms with van der Waals surface area (Å²) >= 11 is 0. The summed E-state index contributed by atoms with van der Waals surface area (Å²) < 4.78 is 46.0. The van der Waals surface area contributed by atoms with Gasteiger partial charge in [0.05, 0.1) is 18.9 Å². The first-order valence-corrected chi connectivity index (χ1v) is 8.26. The Balaban J connectivity index is 2.52. The maximum Gasteiger partial charge on any atom is 0.334 e. The highest BCUT2D eigenvalue weighted by Gasteiger charge is 2.26. The van der Waals surface area contributed by atoms with E-state index in [4.69, 9.17) is 9.84 Å². The fraction of sp³-hybridized carbons (Fsp3) is 0.286. The molecule has 124 valence electrons. The van der Waals surface area contributed by atoms with Crippen LogP contribution in [0.5, 0.6) is 5.88 Å². The Kier molecular flexibility index (Phi) is 4.81. The molecule has 0 unspecified atom stereocenters. The van der Waals surface area contributed by atoms with Gasteiger partial charge in [-0.25, -0.2) is 14.2 Å². The van der Waals surface area contributed by atoms with Gasteiger partial charge in [0.1, 0.15) is 5.82 Å². The third-order valence-corrected chi connectivity index (χ3v) is 3.63. The van der Waals surface area contributed by atoms with Crippen LogP contribution in [0, 0.1) is 5.82 Å². The average molecular weight is 343 g/mol. The van der Waals surface area contributed by atoms with Gasteiger partial charge in [0, 0.05) is 23.4 Å². The molecule has 7 nitrogen and oxygen atoms in total. The second-order valence-electron chi connectivity index (χ2n) is 4.78. The standard InChI is InChI=1S/C14H14FNO6S/c1-21-12-6-4-8-3-5-10(15)9(13(8)16-12)7-11(14(17)18)22-23(2,19)20/h3-6,11H,7H2,1-2H3,(H,17,18)/t11-/m0/s1. The van der Waals surface area contributed by atoms with Crippen molar-refractivity contribution >= 4 is 27.0 Å². The number of aromatic nitrogens is 1. The van der Waals surface area contributed by atoms with E-state index >= 15 is 0 Å². The van der Waals surface area contributed by atoms with E-state index < -0.39 is 34.4 Å². The van der Waals surface area contributed by atoms with Gasteiger partial charge in [0.15, 0.2) is 6.10 Å². The third-order valence-electron chi connectivity index (χ3n) is 3.05. The lowest BCUT2D eigenvalue weighted by molar-refractivity contribution is -0.144. The SMILES string of the molecule is COc1ccc2ccc(F)c(C[C@H](OS(C)(=O)=O)C(=O)O)c2n1. The Labute approximate surface area is 131 Å². The first-order valence-electron chi connectivity index (χ1n) is 6.44. The lowest BCUT2D eigenvalue weighted by Crippen LogP contribution is -2.29. The van der Waals surface area contributed by atoms with Gasteiger partial charge in [-0.3, -0.25) is 4.18 Å². The molecule has 1 aromatic heterocycles. The number of halogens is 1. The predicted molar refractivity (Wildman–Crippen MR) is 79.3 cm³/mol. The molecule has 2 aromatic rings. The van der Waals surface area contributed by atoms with Crippen molar-refractivity contribution in [1.29, 1.82) is 0 Å². The molecule has 23 heavy (non-hydrogen) atoms. The summed E-state index contributed by atoms with van der Waals surface area (Å²) in [6.07, 6.45) is -1.52. The van der Waals surface area contributed by atoms with Gasteiger partial charge in [0.25, 0.3) is 10.1 Å². The van der Waals surface area contributed by atoms with Crippen molar-refractivity contribution in [3.8, 4) is 5.88 Å². The molecule has 9 heteroatoms. The van der Waals surface area contributed by atoms with E-state index in [1.165, 1.54) is 13.2 Å². The predicted octanol–water partition coefficient (Wildman–Crippen LogP) is 1.35. The number of carboxylic acids is 1. The summed E-state index contributed by atoms with van der Waals surface area (Å²) in [6.45, 7) is 0. The number of carboxylic acid groups (broad SMARTS) is 1. The molecule has 0 aliphatic carbocycles. The van der Waals surface area contributed by atoms with Gasteiger partial charge in [-0.15, -0.1) is 0 Å². The van der Waals surface area contributed by atoms with Crippen LogP contribution in [0.2, 0.25) is 0 Å². The highest BCUT2D eigenvalue weighted by atomic mass is 32.2. The monoisotopic (exact) mass is 343 g/mol. The first-order chi connectivity index (χ1) is 10.7. The lowest BCUT2D eigenvalue weighted by atomic mass is 10.0. The Bertz CT molecular complexity index is 852. The van der Waals surface area contributed by atoms with Gasteiger partial charge in [-0.05, 0) is 18.2 Å². The van der Waals surface area contributed by atoms with E-state index in [1.54, 1.807) is 12.1 Å². The number of hydrogen-bond donors (Lipinski definition) is 1. The number of pyridine rings is 1. The van der Waals surface area contributed by atoms with Crippen molar-refractivity contribution < 1.29 is 31.6 Å². The highest BCUT2D eigenvalue weighted by Crippen LogP contribution is 2.24. The Morgan fingerprint density at radius 3 is 2.57 bits per heavy atom. The summed E-state index contributed by atoms with van der Waals surface area (Å²) in [4.78, 5) is 15.3. The zero-order valence-corrected chi connectivity index (χ0v) is 13.1. The van der Waals surface area contributed by atoms with E-state index in [0.717, 1.165) is 12.3 Å². The normalized spacial score (nSPS) is 13.0. The number of ether oxygens (including phenoxy) is 1. The molecule has 0 saturated carbocycles. The minimum Gasteiger partial charge on any atom is -0.481 e. The van der Waals surface area contributed by atoms with Crippen LogP contribution >= 0.6 is 0 Å². The number of nitrogens with zero attached hydrogens (tertiary/aromatic N) is 1. The molecule has 0 bridgehead atoms. The van der Waals surface area contributed by atoms with Crippen LogP contribution in [-0.2, 0) is 25.5 Å². The maximum atomic E-state index is 14.1. The number of aliphatic carboxylic acids is 1. The van der Waals surface area contributed by atoms with Crippen LogP contribution in [0.1, 0.15) is 5.56 Å². The van der Waals surface area contributed by atoms with Gasteiger partial charge in [-0.1, -0.05) is 0 Å². The summed E-state index contributed by atoms with van der Waals surface area (Å²) in [5, 5.41) is 9.67. The van der Waals surface area contributed by atoms with Crippen molar-refractivity contribution in [3.63, 3.8) is 0 Å². The summed E-state index contributed by atoms with van der Waals surface area (Å²) in [5.41, 5.74) is 0.130. The molecular weight excluding hydrogens is 329 g/mol. The fourth-order valence-electron chi connectivity index (χ4n) is 2.07. The van der Waals surface area contributed by atoms with Crippen molar-refractivity contribution in [2.24, 2.45) is 0 Å². The zero-order chi connectivity index (χ0) is 17.2. The molecule has 0 amide bonds. The van der Waals surface area contributed by atoms with Gasteiger partial charge in [-0.2, -0.15) is 8.42 Å². The first kappa shape index (κ1) is 17.1. The molecule has 0 spiro atoms. The molecule has 0 aliphatic heterocycles. The molecule has 0 radical (unpaired) electrons. The number of carbonyl (C=O) groups is 1. The van der Waals surface area contributed by atoms with Gasteiger partial charge >= 0.3 is 5.97 Å². The molecule has 0 saturated heterocycles. The van der Waals surface area contributed by atoms with E-state index in [1.807, 2.05) is 0 Å². The maximum absolute atomic E-state index is 14.1. The second-order valence-corrected chi connectivity index (χ2v) is 6.38. The molecular formula is C14H14FNO6S. The van der Waals surface area contributed by atoms with Crippen molar-refractivity contribution in [2.45, 2.75) is 12.5 Å². The van der Waals surface area contributed by atoms with Crippen LogP contribution in [0.3, 0.4) is 0 Å². The number of hydrogen-bond acceptors (Lipinski definition) is 6. The molecule has 2 rings (SSSR count). The van der Waals surface area contributed by atoms with Crippen molar-refractivity contribution in [1.82, 2.24) is 4.98 Å². The summed E-state index contributed by atoms with van der Waals surface area (Å²) in [5.74, 6) is -2.00. The Morgan fingerprint density at radius 2 is 2.00 bits per heavy atom. The molecule has 1 heterocycles. The van der Waals surface area contributed by atoms with E-state index in [-0.39, 0.29) is 17.0 Å². The van der Waals surface area contributed by atoms with Crippen LogP contribution in [0.25, 0.3) is 10.9 Å². The van der Waals surface area contributed by atoms with Crippen LogP contribution < -0.4 is 4.74 Å². The quantitative estimate of drug-likeness (QED) is 0.790. The number of benzene rings is 1. The van der Waals surface area contributed by atoms with Crippen LogP contribution in [0.15, 0.2) is 24.3 Å². The molecule has 1 atom stereocenters. The lowest BCUT2D eigenvalue weighted by Gasteiger charge is -2.14. The van der Waals surface area contributed by atoms with E-state index in [2.05, 4.69) is 9.17 Å². The van der Waals surface area contributed by atoms with Crippen LogP contribution in [0.4, 0.5) is 4.39 Å². The number of methoxy groups -OCH3 is 1. The third kappa shape index (κ3) is 4.14. The molecule has 0 aliphatic rings. The molecule has 1 N–H and O–H groups in total. The van der Waals surface area contributed by atoms with Crippen LogP contribution in [-0.4, -0.2) is 43.9 Å². The van der Waals surface area contributed by atoms with Gasteiger partial charge < -0.3 is 9.84 Å². The van der Waals surface area contributed by atoms with Crippen molar-refractivity contribution in [3.05, 3.63) is 35.6 Å². The fourth-order valence-corrected chi connectivity index (χ4v) is 2.64. The summed E-state index contributed by atoms with van der Waals surface area (Å²) in [7, 11) is -2.63. The summed E-state index contributed by atoms with van der Waals surface area (Å²) in [6, 6.07) is 5.85. The number of rotatable bonds is 6. The zero-order valence-electron chi connectivity index (χ0n) is 12.3. The smallest absolute Gasteiger partial charge is 0.334 e. The Hall–Kier alpha value is -2.26. The molecule has 1 aromatic carbocycles. The molecule has 0 fully saturated rings. The highest BCUT2D eigenvalue weighted by molar-refractivity contribution is 7.86.